The Labute approximate surface area is 202 Å². The van der Waals surface area contributed by atoms with E-state index in [-0.39, 0.29) is 23.3 Å². The highest BCUT2D eigenvalue weighted by Gasteiger charge is 2.28. The van der Waals surface area contributed by atoms with Crippen LogP contribution in [0.3, 0.4) is 0 Å². The second kappa shape index (κ2) is 9.76. The van der Waals surface area contributed by atoms with Gasteiger partial charge in [0.25, 0.3) is 10.0 Å². The van der Waals surface area contributed by atoms with E-state index in [0.717, 1.165) is 51.8 Å². The van der Waals surface area contributed by atoms with E-state index in [9.17, 15) is 17.6 Å². The van der Waals surface area contributed by atoms with Crippen molar-refractivity contribution >= 4 is 38.9 Å². The summed E-state index contributed by atoms with van der Waals surface area (Å²) in [5.41, 5.74) is 1.68. The monoisotopic (exact) mass is 509 g/mol. The third-order valence-corrected chi connectivity index (χ3v) is 10.3. The molecule has 33 heavy (non-hydrogen) atoms. The zero-order valence-electron chi connectivity index (χ0n) is 18.9. The van der Waals surface area contributed by atoms with Gasteiger partial charge in [0.2, 0.25) is 0 Å². The van der Waals surface area contributed by atoms with Crippen LogP contribution in [0.25, 0.3) is 5.69 Å². The van der Waals surface area contributed by atoms with Crippen LogP contribution in [0, 0.1) is 32.6 Å². The van der Waals surface area contributed by atoms with Crippen LogP contribution in [0.2, 0.25) is 0 Å². The number of halogens is 1. The van der Waals surface area contributed by atoms with E-state index in [1.807, 2.05) is 20.8 Å². The fourth-order valence-electron chi connectivity index (χ4n) is 4.28. The number of aromatic nitrogens is 2. The Morgan fingerprint density at radius 3 is 2.58 bits per heavy atom. The van der Waals surface area contributed by atoms with Crippen LogP contribution in [0.4, 0.5) is 10.2 Å². The molecule has 0 radical (unpaired) electrons. The number of fused-ring (bicyclic) bond motifs is 1. The van der Waals surface area contributed by atoms with Crippen molar-refractivity contribution in [1.82, 2.24) is 9.55 Å². The van der Waals surface area contributed by atoms with Crippen LogP contribution >= 0.6 is 23.1 Å². The topological polar surface area (TPSA) is 81.1 Å². The molecule has 2 atom stereocenters. The third kappa shape index (κ3) is 5.12. The van der Waals surface area contributed by atoms with Crippen molar-refractivity contribution in [1.29, 1.82) is 0 Å². The molecule has 0 aromatic heterocycles. The van der Waals surface area contributed by atoms with Gasteiger partial charge in [0.1, 0.15) is 5.69 Å². The number of thioether (sulfide) groups is 1. The number of sulfonamides is 1. The molecule has 1 aromatic carbocycles. The molecule has 1 N–H and O–H groups in total. The first-order valence-corrected chi connectivity index (χ1v) is 14.3. The van der Waals surface area contributed by atoms with Crippen molar-refractivity contribution in [2.75, 3.05) is 17.1 Å². The Hall–Kier alpha value is -1.91. The average molecular weight is 510 g/mol. The molecule has 4 rings (SSSR count). The molecule has 1 aromatic rings. The van der Waals surface area contributed by atoms with Crippen LogP contribution in [0.15, 0.2) is 38.2 Å². The number of imidazole rings is 1. The van der Waals surface area contributed by atoms with Gasteiger partial charge < -0.3 is 0 Å². The lowest BCUT2D eigenvalue weighted by Gasteiger charge is -2.27. The maximum Gasteiger partial charge on any atom is 0.354 e. The van der Waals surface area contributed by atoms with Crippen LogP contribution in [-0.2, 0) is 10.0 Å². The van der Waals surface area contributed by atoms with Gasteiger partial charge in [-0.2, -0.15) is 4.98 Å². The molecule has 1 saturated carbocycles. The quantitative estimate of drug-likeness (QED) is 0.436. The highest BCUT2D eigenvalue weighted by Crippen LogP contribution is 2.41. The van der Waals surface area contributed by atoms with E-state index in [0.29, 0.717) is 11.6 Å². The van der Waals surface area contributed by atoms with E-state index in [1.165, 1.54) is 28.0 Å². The molecule has 0 saturated heterocycles. The first-order valence-electron chi connectivity index (χ1n) is 11.0. The number of hydrogen-bond donors (Lipinski definition) is 1. The van der Waals surface area contributed by atoms with Gasteiger partial charge in [0.15, 0.2) is 5.82 Å². The number of benzene rings is 1. The Balaban J connectivity index is 1.68. The van der Waals surface area contributed by atoms with Gasteiger partial charge in [-0.05, 0) is 64.0 Å². The van der Waals surface area contributed by atoms with E-state index >= 15 is 0 Å². The number of anilines is 1. The zero-order chi connectivity index (χ0) is 23.8. The highest BCUT2D eigenvalue weighted by atomic mass is 32.2. The lowest BCUT2D eigenvalue weighted by Crippen LogP contribution is -2.19. The van der Waals surface area contributed by atoms with Crippen molar-refractivity contribution in [2.24, 2.45) is 11.8 Å². The maximum absolute atomic E-state index is 13.2. The Morgan fingerprint density at radius 2 is 1.88 bits per heavy atom. The number of alkyl halides is 1. The largest absolute Gasteiger partial charge is 0.354 e. The zero-order valence-corrected chi connectivity index (χ0v) is 21.4. The molecule has 10 heteroatoms. The number of aryl methyl sites for hydroxylation is 2. The molecule has 1 aliphatic carbocycles. The van der Waals surface area contributed by atoms with E-state index < -0.39 is 15.7 Å². The Bertz CT molecular complexity index is 1270. The number of nitrogens with one attached hydrogen (secondary N) is 1. The molecule has 2 heterocycles. The second-order valence-corrected chi connectivity index (χ2v) is 12.9. The number of rotatable bonds is 7. The lowest BCUT2D eigenvalue weighted by atomic mass is 9.83. The van der Waals surface area contributed by atoms with Crippen LogP contribution in [0.5, 0.6) is 0 Å². The van der Waals surface area contributed by atoms with Crippen molar-refractivity contribution in [3.8, 4) is 5.69 Å². The van der Waals surface area contributed by atoms with Gasteiger partial charge in [0, 0.05) is 16.3 Å². The lowest BCUT2D eigenvalue weighted by molar-refractivity contribution is 0.236. The molecule has 2 unspecified atom stereocenters. The average Bonchev–Trinajstić information content (AvgIpc) is 3.11. The van der Waals surface area contributed by atoms with Crippen LogP contribution in [-0.4, -0.2) is 30.4 Å². The first kappa shape index (κ1) is 24.2. The summed E-state index contributed by atoms with van der Waals surface area (Å²) >= 11 is 3.14. The van der Waals surface area contributed by atoms with E-state index in [2.05, 4.69) is 9.71 Å². The van der Waals surface area contributed by atoms with Gasteiger partial charge >= 0.3 is 5.69 Å². The van der Waals surface area contributed by atoms with Gasteiger partial charge in [-0.25, -0.2) is 13.2 Å². The summed E-state index contributed by atoms with van der Waals surface area (Å²) in [7, 11) is -3.91. The first-order chi connectivity index (χ1) is 15.7. The number of hydrogen-bond acceptors (Lipinski definition) is 6. The highest BCUT2D eigenvalue weighted by molar-refractivity contribution is 8.01. The summed E-state index contributed by atoms with van der Waals surface area (Å²) in [4.78, 5) is 17.9. The second-order valence-electron chi connectivity index (χ2n) is 8.74. The molecule has 1 fully saturated rings. The fraction of sp³-hybridized carbons (Fsp3) is 0.478. The molecule has 178 valence electrons. The summed E-state index contributed by atoms with van der Waals surface area (Å²) in [6, 6.07) is 6.52. The molecule has 0 spiro atoms. The van der Waals surface area contributed by atoms with Gasteiger partial charge in [0.05, 0.1) is 15.8 Å². The molecule has 3 aliphatic rings. The minimum Gasteiger partial charge on any atom is -0.261 e. The molecule has 0 amide bonds. The summed E-state index contributed by atoms with van der Waals surface area (Å²) in [5.74, 6) is 1.38. The Kier molecular flexibility index (Phi) is 7.16. The standard InChI is InChI=1S/C23H28FN3O3S3/c1-14-7-9-19(10-8-14)33(29,30)26-21-20-22(31-13-18-6-4-5-17(11-18)12-24)32-16(3)15(2)27(20)23(28)25-21/h7-10,17-18H,4-6,11-13H2,1-3H3,(H,25,26,28). The summed E-state index contributed by atoms with van der Waals surface area (Å²) in [6.45, 7) is 5.39. The predicted molar refractivity (Wildman–Crippen MR) is 133 cm³/mol. The van der Waals surface area contributed by atoms with Crippen LogP contribution in [0.1, 0.15) is 41.8 Å². The summed E-state index contributed by atoms with van der Waals surface area (Å²) in [5, 5.41) is 0. The van der Waals surface area contributed by atoms with Crippen LogP contribution < -0.4 is 10.4 Å². The SMILES string of the molecule is Cc1ccc(S(=O)(=O)Nc2nc(=O)n3c(C)c(C)sc(SCC4CCCC(CF)C4)c2-3)cc1. The van der Waals surface area contributed by atoms with Gasteiger partial charge in [-0.1, -0.05) is 24.1 Å². The number of nitrogens with zero attached hydrogens (tertiary/aromatic N) is 2. The van der Waals surface area contributed by atoms with E-state index in [1.54, 1.807) is 23.9 Å². The molecular weight excluding hydrogens is 481 g/mol. The minimum atomic E-state index is -3.91. The predicted octanol–water partition coefficient (Wildman–Crippen LogP) is 5.33. The third-order valence-electron chi connectivity index (χ3n) is 6.25. The van der Waals surface area contributed by atoms with E-state index in [4.69, 9.17) is 0 Å². The fourth-order valence-corrected chi connectivity index (χ4v) is 7.92. The maximum atomic E-state index is 13.2. The molecular formula is C23H28FN3O3S3. The van der Waals surface area contributed by atoms with Crippen molar-refractivity contribution in [3.63, 3.8) is 0 Å². The molecule has 2 aliphatic heterocycles. The smallest absolute Gasteiger partial charge is 0.261 e. The normalized spacial score (nSPS) is 19.2. The minimum absolute atomic E-state index is 0.0488. The van der Waals surface area contributed by atoms with Gasteiger partial charge in [-0.3, -0.25) is 13.7 Å². The summed E-state index contributed by atoms with van der Waals surface area (Å²) < 4.78 is 44.1. The Morgan fingerprint density at radius 1 is 1.18 bits per heavy atom. The van der Waals surface area contributed by atoms with Crippen molar-refractivity contribution in [3.05, 3.63) is 50.9 Å². The molecule has 6 nitrogen and oxygen atoms in total. The molecule has 0 bridgehead atoms. The summed E-state index contributed by atoms with van der Waals surface area (Å²) in [6.07, 6.45) is 3.91. The van der Waals surface area contributed by atoms with Crippen molar-refractivity contribution < 1.29 is 12.8 Å². The van der Waals surface area contributed by atoms with Gasteiger partial charge in [-0.15, -0.1) is 23.1 Å². The van der Waals surface area contributed by atoms with Crippen molar-refractivity contribution in [2.45, 2.75) is 55.6 Å².